The van der Waals surface area contributed by atoms with E-state index in [-0.39, 0.29) is 64.7 Å². The predicted octanol–water partition coefficient (Wildman–Crippen LogP) is -4.52. The SMILES string of the molecule is C[C@@H](O)[C@H](NC(=O)[C@H](CCN)NC(=O)[C@@H](N)CCN)C(=O)NCC[C@H](NC(=O)Cc1ccc(N2CCOCC2)cc1)C(=O)N[C@@H](CCN)C(=O)N[C@H](Cc1ccccc1)C(N)=O. The summed E-state index contributed by atoms with van der Waals surface area (Å²) in [6, 6.07) is 8.91. The van der Waals surface area contributed by atoms with E-state index in [0.717, 1.165) is 24.3 Å². The molecule has 1 aliphatic rings. The molecule has 62 heavy (non-hydrogen) atoms. The molecule has 21 nitrogen and oxygen atoms in total. The number of rotatable bonds is 26. The topological polar surface area (TPSA) is 354 Å². The van der Waals surface area contributed by atoms with Gasteiger partial charge < -0.3 is 75.3 Å². The van der Waals surface area contributed by atoms with Crippen molar-refractivity contribution in [2.24, 2.45) is 28.7 Å². The number of hydrogen-bond donors (Lipinski definition) is 12. The Morgan fingerprint density at radius 3 is 1.74 bits per heavy atom. The lowest BCUT2D eigenvalue weighted by Crippen LogP contribution is -2.59. The van der Waals surface area contributed by atoms with Crippen LogP contribution in [0.5, 0.6) is 0 Å². The fourth-order valence-electron chi connectivity index (χ4n) is 6.53. The zero-order valence-corrected chi connectivity index (χ0v) is 35.2. The third-order valence-electron chi connectivity index (χ3n) is 10.1. The largest absolute Gasteiger partial charge is 0.391 e. The zero-order chi connectivity index (χ0) is 45.6. The minimum Gasteiger partial charge on any atom is -0.391 e. The van der Waals surface area contributed by atoms with Crippen molar-refractivity contribution in [1.82, 2.24) is 31.9 Å². The first-order valence-corrected chi connectivity index (χ1v) is 20.7. The van der Waals surface area contributed by atoms with E-state index in [4.69, 9.17) is 33.4 Å². The molecule has 342 valence electrons. The van der Waals surface area contributed by atoms with Crippen molar-refractivity contribution in [2.45, 2.75) is 87.8 Å². The molecule has 0 aromatic heterocycles. The number of hydrogen-bond acceptors (Lipinski definition) is 14. The molecule has 1 heterocycles. The number of nitrogens with zero attached hydrogens (tertiary/aromatic N) is 1. The van der Waals surface area contributed by atoms with Gasteiger partial charge in [-0.2, -0.15) is 0 Å². The molecule has 1 aliphatic heterocycles. The molecule has 7 atom stereocenters. The summed E-state index contributed by atoms with van der Waals surface area (Å²) in [4.78, 5) is 94.4. The van der Waals surface area contributed by atoms with E-state index >= 15 is 0 Å². The molecular weight excluding hydrogens is 805 g/mol. The highest BCUT2D eigenvalue weighted by molar-refractivity contribution is 5.95. The van der Waals surface area contributed by atoms with Crippen LogP contribution >= 0.6 is 0 Å². The van der Waals surface area contributed by atoms with Crippen molar-refractivity contribution in [1.29, 1.82) is 0 Å². The number of aliphatic hydroxyl groups excluding tert-OH is 1. The number of carbonyl (C=O) groups excluding carboxylic acids is 7. The minimum absolute atomic E-state index is 0.00182. The highest BCUT2D eigenvalue weighted by Crippen LogP contribution is 2.17. The van der Waals surface area contributed by atoms with Gasteiger partial charge in [0, 0.05) is 31.7 Å². The number of benzene rings is 2. The Labute approximate surface area is 361 Å². The fraction of sp³-hybridized carbons (Fsp3) is 0.537. The predicted molar refractivity (Wildman–Crippen MR) is 230 cm³/mol. The summed E-state index contributed by atoms with van der Waals surface area (Å²) in [5, 5.41) is 25.9. The van der Waals surface area contributed by atoms with Gasteiger partial charge in [0.2, 0.25) is 41.4 Å². The third-order valence-corrected chi connectivity index (χ3v) is 10.1. The Morgan fingerprint density at radius 2 is 1.19 bits per heavy atom. The second kappa shape index (κ2) is 26.6. The average molecular weight is 869 g/mol. The van der Waals surface area contributed by atoms with Crippen molar-refractivity contribution >= 4 is 47.0 Å². The van der Waals surface area contributed by atoms with Crippen LogP contribution in [0.15, 0.2) is 54.6 Å². The molecule has 0 spiro atoms. The highest BCUT2D eigenvalue weighted by atomic mass is 16.5. The van der Waals surface area contributed by atoms with Gasteiger partial charge in [-0.25, -0.2) is 0 Å². The van der Waals surface area contributed by atoms with Crippen molar-refractivity contribution in [3.63, 3.8) is 0 Å². The van der Waals surface area contributed by atoms with Gasteiger partial charge in [-0.3, -0.25) is 33.6 Å². The Kier molecular flexibility index (Phi) is 21.7. The molecule has 21 heteroatoms. The van der Waals surface area contributed by atoms with Crippen LogP contribution < -0.4 is 65.5 Å². The number of aliphatic hydroxyl groups is 1. The Hall–Kier alpha value is -5.71. The summed E-state index contributed by atoms with van der Waals surface area (Å²) < 4.78 is 5.42. The number of ether oxygens (including phenoxy) is 1. The van der Waals surface area contributed by atoms with Crippen LogP contribution in [-0.2, 0) is 51.1 Å². The van der Waals surface area contributed by atoms with Gasteiger partial charge in [-0.1, -0.05) is 42.5 Å². The van der Waals surface area contributed by atoms with E-state index in [9.17, 15) is 38.7 Å². The number of anilines is 1. The number of nitrogens with one attached hydrogen (secondary N) is 6. The molecule has 3 rings (SSSR count). The first-order chi connectivity index (χ1) is 29.7. The van der Waals surface area contributed by atoms with E-state index < -0.39 is 83.7 Å². The summed E-state index contributed by atoms with van der Waals surface area (Å²) in [5.41, 5.74) is 30.7. The van der Waals surface area contributed by atoms with Crippen LogP contribution in [0.4, 0.5) is 5.69 Å². The number of morpholine rings is 1. The first kappa shape index (κ1) is 50.6. The second-order valence-corrected chi connectivity index (χ2v) is 15.0. The molecule has 7 amide bonds. The molecule has 0 saturated carbocycles. The van der Waals surface area contributed by atoms with Crippen LogP contribution in [0.1, 0.15) is 43.7 Å². The number of carbonyl (C=O) groups is 7. The van der Waals surface area contributed by atoms with Crippen molar-refractivity contribution in [3.8, 4) is 0 Å². The standard InChI is InChI=1S/C41H64N12O9/c1-25(54)35(52-40(60)31(13-17-44)49-37(57)29(45)11-15-42)41(61)47-18-14-32(48-34(55)24-27-7-9-28(10-8-27)53-19-21-62-22-20-53)39(59)50-30(12-16-43)38(58)51-33(36(46)56)23-26-5-3-2-4-6-26/h2-10,25,29-33,35,54H,11-24,42-45H2,1H3,(H2,46,56)(H,47,61)(H,48,55)(H,49,57)(H,50,59)(H,51,58)(H,52,60)/t25-,29+,30+,31+,32+,33-,35+/m1/s1. The normalized spacial score (nSPS) is 15.9. The van der Waals surface area contributed by atoms with E-state index in [0.29, 0.717) is 18.8 Å². The maximum atomic E-state index is 13.9. The highest BCUT2D eigenvalue weighted by Gasteiger charge is 2.32. The van der Waals surface area contributed by atoms with Gasteiger partial charge >= 0.3 is 0 Å². The van der Waals surface area contributed by atoms with Gasteiger partial charge in [-0.15, -0.1) is 0 Å². The van der Waals surface area contributed by atoms with Crippen LogP contribution in [-0.4, -0.2) is 141 Å². The lowest BCUT2D eigenvalue weighted by atomic mass is 10.0. The Balaban J connectivity index is 1.75. The lowest BCUT2D eigenvalue weighted by molar-refractivity contribution is -0.134. The third kappa shape index (κ3) is 17.0. The van der Waals surface area contributed by atoms with Gasteiger partial charge in [0.05, 0.1) is 31.8 Å². The summed E-state index contributed by atoms with van der Waals surface area (Å²) in [6.45, 7) is 3.80. The lowest BCUT2D eigenvalue weighted by Gasteiger charge is -2.29. The second-order valence-electron chi connectivity index (χ2n) is 15.0. The minimum atomic E-state index is -1.51. The van der Waals surface area contributed by atoms with Crippen molar-refractivity contribution in [2.75, 3.05) is 57.4 Å². The molecule has 0 aliphatic carbocycles. The zero-order valence-electron chi connectivity index (χ0n) is 35.2. The smallest absolute Gasteiger partial charge is 0.245 e. The molecule has 0 bridgehead atoms. The van der Waals surface area contributed by atoms with E-state index in [1.54, 1.807) is 42.5 Å². The number of primary amides is 1. The maximum Gasteiger partial charge on any atom is 0.245 e. The summed E-state index contributed by atoms with van der Waals surface area (Å²) in [7, 11) is 0. The van der Waals surface area contributed by atoms with Crippen molar-refractivity contribution < 1.29 is 43.4 Å². The van der Waals surface area contributed by atoms with Crippen LogP contribution in [0.25, 0.3) is 0 Å². The molecule has 0 radical (unpaired) electrons. The number of nitrogens with two attached hydrogens (primary N) is 5. The molecular formula is C41H64N12O9. The molecule has 17 N–H and O–H groups in total. The summed E-state index contributed by atoms with van der Waals surface area (Å²) in [5.74, 6) is -5.16. The molecule has 2 aromatic rings. The summed E-state index contributed by atoms with van der Waals surface area (Å²) in [6.07, 6.45) is -1.52. The monoisotopic (exact) mass is 868 g/mol. The van der Waals surface area contributed by atoms with Crippen LogP contribution in [0.2, 0.25) is 0 Å². The van der Waals surface area contributed by atoms with E-state index in [1.807, 2.05) is 12.1 Å². The fourth-order valence-corrected chi connectivity index (χ4v) is 6.53. The van der Waals surface area contributed by atoms with Gasteiger partial charge in [0.1, 0.15) is 30.2 Å². The van der Waals surface area contributed by atoms with E-state index in [1.165, 1.54) is 6.92 Å². The first-order valence-electron chi connectivity index (χ1n) is 20.7. The molecule has 1 fully saturated rings. The van der Waals surface area contributed by atoms with Gasteiger partial charge in [0.25, 0.3) is 0 Å². The van der Waals surface area contributed by atoms with Gasteiger partial charge in [-0.05, 0) is 75.5 Å². The number of amides is 7. The van der Waals surface area contributed by atoms with E-state index in [2.05, 4.69) is 36.8 Å². The van der Waals surface area contributed by atoms with Crippen LogP contribution in [0, 0.1) is 0 Å². The summed E-state index contributed by atoms with van der Waals surface area (Å²) >= 11 is 0. The Bertz CT molecular complexity index is 1760. The molecule has 1 saturated heterocycles. The molecule has 0 unspecified atom stereocenters. The van der Waals surface area contributed by atoms with Crippen LogP contribution in [0.3, 0.4) is 0 Å². The maximum absolute atomic E-state index is 13.9. The molecule has 2 aromatic carbocycles. The Morgan fingerprint density at radius 1 is 0.661 bits per heavy atom. The quantitative estimate of drug-likeness (QED) is 0.0424. The van der Waals surface area contributed by atoms with Crippen molar-refractivity contribution in [3.05, 3.63) is 65.7 Å². The van der Waals surface area contributed by atoms with Gasteiger partial charge in [0.15, 0.2) is 0 Å². The average Bonchev–Trinajstić information content (AvgIpc) is 3.25.